The average Bonchev–Trinajstić information content (AvgIpc) is 3.69. The largest absolute Gasteiger partial charge is 0.475 e. The summed E-state index contributed by atoms with van der Waals surface area (Å²) < 4.78 is 12.5. The van der Waals surface area contributed by atoms with Crippen molar-refractivity contribution in [3.63, 3.8) is 0 Å². The molecule has 0 saturated carbocycles. The van der Waals surface area contributed by atoms with Crippen molar-refractivity contribution in [3.8, 4) is 17.6 Å². The van der Waals surface area contributed by atoms with Crippen LogP contribution in [-0.2, 0) is 23.0 Å². The number of aryl methyl sites for hydroxylation is 1. The molecule has 8 rings (SSSR count). The maximum atomic E-state index is 10.1. The number of hydrogen-bond donors (Lipinski definition) is 3. The van der Waals surface area contributed by atoms with E-state index >= 15 is 0 Å². The third kappa shape index (κ3) is 4.60. The monoisotopic (exact) mass is 641 g/mol. The van der Waals surface area contributed by atoms with Crippen molar-refractivity contribution in [1.29, 1.82) is 10.7 Å². The molecule has 4 N–H and O–H groups in total. The number of nitrogen functional groups attached to an aromatic ring is 1. The van der Waals surface area contributed by atoms with Gasteiger partial charge in [-0.2, -0.15) is 5.26 Å². The number of anilines is 3. The van der Waals surface area contributed by atoms with Crippen molar-refractivity contribution in [2.45, 2.75) is 108 Å². The highest BCUT2D eigenvalue weighted by atomic mass is 32.1. The minimum absolute atomic E-state index is 0.110. The molecule has 46 heavy (non-hydrogen) atoms. The molecule has 6 heterocycles. The van der Waals surface area contributed by atoms with Crippen molar-refractivity contribution in [2.24, 2.45) is 0 Å². The normalized spacial score (nSPS) is 26.6. The van der Waals surface area contributed by atoms with Crippen molar-refractivity contribution in [2.75, 3.05) is 42.7 Å². The van der Waals surface area contributed by atoms with Crippen molar-refractivity contribution < 1.29 is 9.26 Å². The van der Waals surface area contributed by atoms with Crippen LogP contribution in [0.15, 0.2) is 4.52 Å². The maximum absolute atomic E-state index is 10.1. The van der Waals surface area contributed by atoms with Gasteiger partial charge < -0.3 is 30.1 Å². The standard InChI is InChI=1S/C34H43N9O2S/c1-19(23-11-8-15-42(23)2)38-31-25-29(36)44-18-20-9-4-3-5-16-43(20)33(25)40-32(39-31)27-21-10-6-13-34(28(21)45-41-27)14-7-12-24-26(34)22(17-35)30(37)46-24/h19-20,23,36H,3-16,18,37H2,1-2H3,(H,38,39,40). The summed E-state index contributed by atoms with van der Waals surface area (Å²) in [5.41, 5.74) is 9.99. The second-order valence-electron chi connectivity index (χ2n) is 13.9. The molecule has 3 aromatic heterocycles. The fourth-order valence-corrected chi connectivity index (χ4v) is 10.2. The molecule has 0 amide bonds. The number of nitriles is 1. The van der Waals surface area contributed by atoms with Gasteiger partial charge in [0, 0.05) is 29.1 Å². The smallest absolute Gasteiger partial charge is 0.220 e. The van der Waals surface area contributed by atoms with Gasteiger partial charge in [-0.05, 0) is 90.3 Å². The summed E-state index contributed by atoms with van der Waals surface area (Å²) >= 11 is 1.55. The van der Waals surface area contributed by atoms with E-state index in [2.05, 4.69) is 35.2 Å². The zero-order valence-electron chi connectivity index (χ0n) is 26.8. The maximum Gasteiger partial charge on any atom is 0.220 e. The molecule has 1 spiro atoms. The zero-order valence-corrected chi connectivity index (χ0v) is 27.6. The van der Waals surface area contributed by atoms with Crippen LogP contribution in [0.2, 0.25) is 0 Å². The Morgan fingerprint density at radius 1 is 1.11 bits per heavy atom. The van der Waals surface area contributed by atoms with E-state index in [1.54, 1.807) is 11.3 Å². The second-order valence-corrected chi connectivity index (χ2v) is 15.1. The lowest BCUT2D eigenvalue weighted by molar-refractivity contribution is 0.265. The Kier molecular flexibility index (Phi) is 7.44. The van der Waals surface area contributed by atoms with Gasteiger partial charge in [0.15, 0.2) is 17.3 Å². The Bertz CT molecular complexity index is 1720. The predicted octanol–water partition coefficient (Wildman–Crippen LogP) is 5.60. The van der Waals surface area contributed by atoms with Gasteiger partial charge in [0.25, 0.3) is 0 Å². The fourth-order valence-electron chi connectivity index (χ4n) is 9.05. The van der Waals surface area contributed by atoms with Crippen LogP contribution in [0, 0.1) is 16.7 Å². The van der Waals surface area contributed by atoms with E-state index in [-0.39, 0.29) is 18.0 Å². The number of thiophene rings is 1. The highest BCUT2D eigenvalue weighted by Gasteiger charge is 2.49. The van der Waals surface area contributed by atoms with Gasteiger partial charge in [-0.3, -0.25) is 5.41 Å². The zero-order chi connectivity index (χ0) is 31.6. The minimum atomic E-state index is -0.411. The molecule has 2 saturated heterocycles. The van der Waals surface area contributed by atoms with E-state index in [0.717, 1.165) is 100 Å². The third-order valence-electron chi connectivity index (χ3n) is 11.3. The van der Waals surface area contributed by atoms with E-state index in [1.165, 1.54) is 17.7 Å². The Labute approximate surface area is 274 Å². The molecule has 242 valence electrons. The molecule has 0 radical (unpaired) electrons. The topological polar surface area (TPSA) is 153 Å². The van der Waals surface area contributed by atoms with Gasteiger partial charge in [0.2, 0.25) is 5.90 Å². The second kappa shape index (κ2) is 11.5. The van der Waals surface area contributed by atoms with Crippen molar-refractivity contribution >= 4 is 33.9 Å². The van der Waals surface area contributed by atoms with E-state index in [1.807, 2.05) is 0 Å². The van der Waals surface area contributed by atoms with Gasteiger partial charge >= 0.3 is 0 Å². The van der Waals surface area contributed by atoms with Crippen molar-refractivity contribution in [1.82, 2.24) is 20.0 Å². The molecule has 4 atom stereocenters. The van der Waals surface area contributed by atoms with Crippen LogP contribution >= 0.6 is 11.3 Å². The van der Waals surface area contributed by atoms with Crippen LogP contribution < -0.4 is 16.0 Å². The van der Waals surface area contributed by atoms with Crippen LogP contribution in [-0.4, -0.2) is 70.8 Å². The molecule has 0 aromatic carbocycles. The molecule has 4 unspecified atom stereocenters. The molecule has 3 aromatic rings. The summed E-state index contributed by atoms with van der Waals surface area (Å²) in [7, 11) is 2.18. The van der Waals surface area contributed by atoms with Crippen LogP contribution in [0.25, 0.3) is 11.5 Å². The molecule has 2 aliphatic carbocycles. The lowest BCUT2D eigenvalue weighted by atomic mass is 9.63. The predicted molar refractivity (Wildman–Crippen MR) is 179 cm³/mol. The molecular weight excluding hydrogens is 599 g/mol. The highest BCUT2D eigenvalue weighted by molar-refractivity contribution is 7.16. The van der Waals surface area contributed by atoms with Crippen molar-refractivity contribution in [3.05, 3.63) is 32.9 Å². The third-order valence-corrected chi connectivity index (χ3v) is 12.4. The molecule has 11 nitrogen and oxygen atoms in total. The van der Waals surface area contributed by atoms with Crippen LogP contribution in [0.3, 0.4) is 0 Å². The molecule has 5 aliphatic rings. The van der Waals surface area contributed by atoms with E-state index in [0.29, 0.717) is 46.1 Å². The number of nitrogens with one attached hydrogen (secondary N) is 2. The number of likely N-dealkylation sites (tertiary alicyclic amines) is 1. The summed E-state index contributed by atoms with van der Waals surface area (Å²) in [6.07, 6.45) is 12.2. The summed E-state index contributed by atoms with van der Waals surface area (Å²) in [6, 6.07) is 3.05. The molecule has 0 bridgehead atoms. The fraction of sp³-hybridized carbons (Fsp3) is 0.618. The van der Waals surface area contributed by atoms with E-state index in [4.69, 9.17) is 35.5 Å². The Balaban J connectivity index is 1.28. The molecule has 12 heteroatoms. The highest BCUT2D eigenvalue weighted by Crippen LogP contribution is 2.55. The number of nitrogens with two attached hydrogens (primary N) is 1. The van der Waals surface area contributed by atoms with Gasteiger partial charge in [-0.1, -0.05) is 18.0 Å². The molecular formula is C34H43N9O2S. The number of nitrogens with zero attached hydrogens (tertiary/aromatic N) is 6. The number of likely N-dealkylation sites (N-methyl/N-ethyl adjacent to an activating group) is 1. The lowest BCUT2D eigenvalue weighted by Gasteiger charge is -2.39. The van der Waals surface area contributed by atoms with Gasteiger partial charge in [-0.15, -0.1) is 11.3 Å². The lowest BCUT2D eigenvalue weighted by Crippen LogP contribution is -2.40. The van der Waals surface area contributed by atoms with Gasteiger partial charge in [-0.25, -0.2) is 9.97 Å². The van der Waals surface area contributed by atoms with Gasteiger partial charge in [0.1, 0.15) is 34.9 Å². The average molecular weight is 642 g/mol. The first-order chi connectivity index (χ1) is 22.4. The number of fused-ring (bicyclic) bond motifs is 7. The molecule has 3 aliphatic heterocycles. The first-order valence-corrected chi connectivity index (χ1v) is 17.9. The summed E-state index contributed by atoms with van der Waals surface area (Å²) in [5, 5.41) is 28.2. The number of ether oxygens (including phenoxy) is 1. The minimum Gasteiger partial charge on any atom is -0.475 e. The Hall–Kier alpha value is -3.69. The summed E-state index contributed by atoms with van der Waals surface area (Å²) in [4.78, 5) is 16.4. The van der Waals surface area contributed by atoms with Crippen LogP contribution in [0.4, 0.5) is 16.6 Å². The van der Waals surface area contributed by atoms with Crippen LogP contribution in [0.5, 0.6) is 0 Å². The summed E-state index contributed by atoms with van der Waals surface area (Å²) in [5.74, 6) is 2.88. The first kappa shape index (κ1) is 29.7. The molecule has 2 fully saturated rings. The Morgan fingerprint density at radius 2 is 1.96 bits per heavy atom. The SMILES string of the molecule is CC(Nc1nc(-c2noc3c2CCCC32CCCc3sc(N)c(C#N)c32)nc2c1C(=N)OCC1CCCCCN21)C1CCCN1C. The number of hydrogen-bond acceptors (Lipinski definition) is 12. The van der Waals surface area contributed by atoms with E-state index < -0.39 is 5.41 Å². The first-order valence-electron chi connectivity index (χ1n) is 17.1. The number of aromatic nitrogens is 3. The summed E-state index contributed by atoms with van der Waals surface area (Å²) in [6.45, 7) is 4.62. The Morgan fingerprint density at radius 3 is 2.76 bits per heavy atom. The van der Waals surface area contributed by atoms with Crippen LogP contribution in [0.1, 0.15) is 104 Å². The number of rotatable bonds is 4. The van der Waals surface area contributed by atoms with Gasteiger partial charge in [0.05, 0.1) is 17.0 Å². The van der Waals surface area contributed by atoms with E-state index in [9.17, 15) is 5.26 Å². The quantitative estimate of drug-likeness (QED) is 0.328.